The van der Waals surface area contributed by atoms with Crippen molar-refractivity contribution in [1.82, 2.24) is 15.6 Å². The minimum atomic E-state index is -0.690. The highest BCUT2D eigenvalue weighted by molar-refractivity contribution is 5.94. The predicted molar refractivity (Wildman–Crippen MR) is 66.0 cm³/mol. The highest BCUT2D eigenvalue weighted by Gasteiger charge is 2.11. The fraction of sp³-hybridized carbons (Fsp3) is 0.417. The van der Waals surface area contributed by atoms with Gasteiger partial charge in [0.15, 0.2) is 5.82 Å². The third-order valence-corrected chi connectivity index (χ3v) is 2.28. The molecular weight excluding hydrogens is 253 g/mol. The van der Waals surface area contributed by atoms with Gasteiger partial charge in [0.1, 0.15) is 0 Å². The molecule has 1 heterocycles. The summed E-state index contributed by atoms with van der Waals surface area (Å²) in [6.45, 7) is 0.988. The maximum atomic E-state index is 13.2. The van der Waals surface area contributed by atoms with Crippen LogP contribution in [0.3, 0.4) is 0 Å². The first-order chi connectivity index (χ1) is 9.15. The fourth-order valence-corrected chi connectivity index (χ4v) is 1.33. The van der Waals surface area contributed by atoms with Gasteiger partial charge < -0.3 is 15.4 Å². The molecule has 0 aliphatic rings. The molecule has 1 aromatic rings. The Labute approximate surface area is 110 Å². The van der Waals surface area contributed by atoms with E-state index < -0.39 is 11.7 Å². The van der Waals surface area contributed by atoms with Crippen molar-refractivity contribution < 1.29 is 18.7 Å². The number of carbonyl (C=O) groups is 2. The van der Waals surface area contributed by atoms with Crippen molar-refractivity contribution in [3.63, 3.8) is 0 Å². The summed E-state index contributed by atoms with van der Waals surface area (Å²) < 4.78 is 18.0. The lowest BCUT2D eigenvalue weighted by Crippen LogP contribution is -2.32. The summed E-state index contributed by atoms with van der Waals surface area (Å²) in [4.78, 5) is 26.4. The number of ether oxygens (including phenoxy) is 1. The van der Waals surface area contributed by atoms with Crippen LogP contribution >= 0.6 is 0 Å². The smallest absolute Gasteiger partial charge is 0.254 e. The van der Waals surface area contributed by atoms with Crippen molar-refractivity contribution in [2.75, 3.05) is 26.8 Å². The van der Waals surface area contributed by atoms with Crippen LogP contribution in [0.5, 0.6) is 0 Å². The second-order valence-electron chi connectivity index (χ2n) is 3.70. The third kappa shape index (κ3) is 5.43. The van der Waals surface area contributed by atoms with Crippen LogP contribution in [0.25, 0.3) is 0 Å². The number of pyridine rings is 1. The monoisotopic (exact) mass is 269 g/mol. The lowest BCUT2D eigenvalue weighted by molar-refractivity contribution is -0.121. The number of nitrogens with one attached hydrogen (secondary N) is 2. The van der Waals surface area contributed by atoms with E-state index in [1.54, 1.807) is 0 Å². The minimum Gasteiger partial charge on any atom is -0.383 e. The molecule has 2 N–H and O–H groups in total. The zero-order valence-electron chi connectivity index (χ0n) is 10.6. The van der Waals surface area contributed by atoms with Gasteiger partial charge in [0, 0.05) is 32.8 Å². The summed E-state index contributed by atoms with van der Waals surface area (Å²) in [6.07, 6.45) is 2.42. The van der Waals surface area contributed by atoms with Crippen LogP contribution in [0.4, 0.5) is 4.39 Å². The Balaban J connectivity index is 2.28. The standard InChI is InChI=1S/C12H16FN3O3/c1-19-7-6-15-11(17)3-5-16-12(18)9-2-4-14-8-10(9)13/h2,4,8H,3,5-7H2,1H3,(H,15,17)(H,16,18). The Kier molecular flexibility index (Phi) is 6.45. The Bertz CT molecular complexity index is 440. The summed E-state index contributed by atoms with van der Waals surface area (Å²) in [5, 5.41) is 5.07. The molecule has 0 radical (unpaired) electrons. The number of amides is 2. The first kappa shape index (κ1) is 15.0. The Morgan fingerprint density at radius 3 is 2.84 bits per heavy atom. The number of carbonyl (C=O) groups excluding carboxylic acids is 2. The minimum absolute atomic E-state index is 0.0882. The summed E-state index contributed by atoms with van der Waals surface area (Å²) in [5.41, 5.74) is -0.0882. The highest BCUT2D eigenvalue weighted by atomic mass is 19.1. The average molecular weight is 269 g/mol. The molecule has 1 aromatic heterocycles. The van der Waals surface area contributed by atoms with Crippen molar-refractivity contribution in [1.29, 1.82) is 0 Å². The van der Waals surface area contributed by atoms with Crippen LogP contribution in [0, 0.1) is 5.82 Å². The van der Waals surface area contributed by atoms with Gasteiger partial charge in [-0.1, -0.05) is 0 Å². The Hall–Kier alpha value is -2.02. The molecular formula is C12H16FN3O3. The highest BCUT2D eigenvalue weighted by Crippen LogP contribution is 2.03. The van der Waals surface area contributed by atoms with Gasteiger partial charge in [-0.05, 0) is 6.07 Å². The van der Waals surface area contributed by atoms with Gasteiger partial charge in [0.05, 0.1) is 18.4 Å². The van der Waals surface area contributed by atoms with E-state index in [1.807, 2.05) is 0 Å². The second kappa shape index (κ2) is 8.15. The number of hydrogen-bond acceptors (Lipinski definition) is 4. The summed E-state index contributed by atoms with van der Waals surface area (Å²) in [7, 11) is 1.54. The summed E-state index contributed by atoms with van der Waals surface area (Å²) >= 11 is 0. The van der Waals surface area contributed by atoms with E-state index >= 15 is 0 Å². The molecule has 0 saturated heterocycles. The molecule has 0 aliphatic carbocycles. The predicted octanol–water partition coefficient (Wildman–Crippen LogP) is 0.103. The molecule has 0 fully saturated rings. The molecule has 1 rings (SSSR count). The van der Waals surface area contributed by atoms with Gasteiger partial charge in [-0.2, -0.15) is 0 Å². The van der Waals surface area contributed by atoms with Gasteiger partial charge in [0.25, 0.3) is 5.91 Å². The van der Waals surface area contributed by atoms with Crippen molar-refractivity contribution in [3.8, 4) is 0 Å². The van der Waals surface area contributed by atoms with Crippen molar-refractivity contribution in [2.45, 2.75) is 6.42 Å². The number of nitrogens with zero attached hydrogens (tertiary/aromatic N) is 1. The van der Waals surface area contributed by atoms with Gasteiger partial charge in [0.2, 0.25) is 5.91 Å². The number of methoxy groups -OCH3 is 1. The first-order valence-corrected chi connectivity index (χ1v) is 5.78. The van der Waals surface area contributed by atoms with Crippen LogP contribution in [-0.4, -0.2) is 43.6 Å². The zero-order valence-corrected chi connectivity index (χ0v) is 10.6. The number of halogens is 1. The average Bonchev–Trinajstić information content (AvgIpc) is 2.39. The molecule has 0 bridgehead atoms. The lowest BCUT2D eigenvalue weighted by atomic mass is 10.2. The van der Waals surface area contributed by atoms with Crippen LogP contribution in [-0.2, 0) is 9.53 Å². The maximum absolute atomic E-state index is 13.2. The lowest BCUT2D eigenvalue weighted by Gasteiger charge is -2.06. The molecule has 0 aromatic carbocycles. The zero-order chi connectivity index (χ0) is 14.1. The van der Waals surface area contributed by atoms with Crippen molar-refractivity contribution in [3.05, 3.63) is 29.8 Å². The Morgan fingerprint density at radius 1 is 1.37 bits per heavy atom. The molecule has 7 heteroatoms. The first-order valence-electron chi connectivity index (χ1n) is 5.78. The van der Waals surface area contributed by atoms with Crippen LogP contribution in [0.1, 0.15) is 16.8 Å². The SMILES string of the molecule is COCCNC(=O)CCNC(=O)c1ccncc1F. The molecule has 0 saturated carbocycles. The van der Waals surface area contributed by atoms with E-state index in [4.69, 9.17) is 4.74 Å². The van der Waals surface area contributed by atoms with Crippen molar-refractivity contribution in [2.24, 2.45) is 0 Å². The fourth-order valence-electron chi connectivity index (χ4n) is 1.33. The number of hydrogen-bond donors (Lipinski definition) is 2. The van der Waals surface area contributed by atoms with Crippen molar-refractivity contribution >= 4 is 11.8 Å². The molecule has 19 heavy (non-hydrogen) atoms. The quantitative estimate of drug-likeness (QED) is 0.688. The van der Waals surface area contributed by atoms with Gasteiger partial charge in [-0.25, -0.2) is 4.39 Å². The largest absolute Gasteiger partial charge is 0.383 e. The van der Waals surface area contributed by atoms with Crippen LogP contribution < -0.4 is 10.6 Å². The van der Waals surface area contributed by atoms with Crippen LogP contribution in [0.2, 0.25) is 0 Å². The molecule has 2 amide bonds. The molecule has 0 atom stereocenters. The van der Waals surface area contributed by atoms with E-state index in [9.17, 15) is 14.0 Å². The van der Waals surface area contributed by atoms with E-state index in [0.29, 0.717) is 13.2 Å². The third-order valence-electron chi connectivity index (χ3n) is 2.28. The molecule has 0 aliphatic heterocycles. The second-order valence-corrected chi connectivity index (χ2v) is 3.70. The normalized spacial score (nSPS) is 10.0. The van der Waals surface area contributed by atoms with E-state index in [2.05, 4.69) is 15.6 Å². The van der Waals surface area contributed by atoms with Gasteiger partial charge in [-0.3, -0.25) is 14.6 Å². The molecule has 6 nitrogen and oxygen atoms in total. The Morgan fingerprint density at radius 2 is 2.16 bits per heavy atom. The van der Waals surface area contributed by atoms with Gasteiger partial charge in [-0.15, -0.1) is 0 Å². The van der Waals surface area contributed by atoms with E-state index in [0.717, 1.165) is 6.20 Å². The topological polar surface area (TPSA) is 80.3 Å². The number of aromatic nitrogens is 1. The summed E-state index contributed by atoms with van der Waals surface area (Å²) in [6, 6.07) is 1.28. The van der Waals surface area contributed by atoms with Crippen LogP contribution in [0.15, 0.2) is 18.5 Å². The maximum Gasteiger partial charge on any atom is 0.254 e. The van der Waals surface area contributed by atoms with Gasteiger partial charge >= 0.3 is 0 Å². The van der Waals surface area contributed by atoms with E-state index in [1.165, 1.54) is 19.4 Å². The molecule has 0 unspecified atom stereocenters. The summed E-state index contributed by atoms with van der Waals surface area (Å²) in [5.74, 6) is -1.46. The number of rotatable bonds is 7. The molecule has 0 spiro atoms. The van der Waals surface area contributed by atoms with E-state index in [-0.39, 0.29) is 24.4 Å². The molecule has 104 valence electrons.